The maximum Gasteiger partial charge on any atom is 0.340 e. The lowest BCUT2D eigenvalue weighted by molar-refractivity contribution is -0.143. The number of fused-ring (bicyclic) bond motifs is 2. The predicted octanol–water partition coefficient (Wildman–Crippen LogP) is 3.77. The lowest BCUT2D eigenvalue weighted by Crippen LogP contribution is -2.21. The monoisotopic (exact) mass is 306 g/mol. The first-order valence-electron chi connectivity index (χ1n) is 7.41. The lowest BCUT2D eigenvalue weighted by atomic mass is 9.89. The van der Waals surface area contributed by atoms with Gasteiger partial charge in [-0.05, 0) is 22.2 Å². The van der Waals surface area contributed by atoms with Gasteiger partial charge in [-0.1, -0.05) is 42.5 Å². The van der Waals surface area contributed by atoms with Gasteiger partial charge in [0.15, 0.2) is 0 Å². The summed E-state index contributed by atoms with van der Waals surface area (Å²) in [5.41, 5.74) is 1.43. The number of hydrogen-bond acceptors (Lipinski definition) is 4. The van der Waals surface area contributed by atoms with Crippen molar-refractivity contribution in [3.05, 3.63) is 59.7 Å². The second kappa shape index (κ2) is 5.09. The van der Waals surface area contributed by atoms with Gasteiger partial charge in [0.25, 0.3) is 0 Å². The largest absolute Gasteiger partial charge is 0.469 e. The molecule has 0 aromatic heterocycles. The SMILES string of the molecule is COC(=O)CC1OC(=O)c2c3ccccc3cc3cccc1c23. The molecule has 0 aliphatic carbocycles. The number of methoxy groups -OCH3 is 1. The summed E-state index contributed by atoms with van der Waals surface area (Å²) in [6.07, 6.45) is -0.583. The Hall–Kier alpha value is -2.88. The van der Waals surface area contributed by atoms with Gasteiger partial charge in [-0.15, -0.1) is 0 Å². The van der Waals surface area contributed by atoms with Crippen molar-refractivity contribution in [2.24, 2.45) is 0 Å². The minimum Gasteiger partial charge on any atom is -0.469 e. The minimum atomic E-state index is -0.604. The van der Waals surface area contributed by atoms with E-state index in [1.54, 1.807) is 0 Å². The standard InChI is InChI=1S/C19H14O4/c1-22-16(20)10-15-14-8-4-6-12-9-11-5-2-3-7-13(11)18(17(12)14)19(21)23-15/h2-9,15H,10H2,1H3. The molecule has 0 amide bonds. The molecule has 1 unspecified atom stereocenters. The number of hydrogen-bond donors (Lipinski definition) is 0. The van der Waals surface area contributed by atoms with Crippen LogP contribution in [0.1, 0.15) is 28.4 Å². The van der Waals surface area contributed by atoms with Gasteiger partial charge in [0.05, 0.1) is 19.1 Å². The maximum absolute atomic E-state index is 12.6. The van der Waals surface area contributed by atoms with Gasteiger partial charge >= 0.3 is 11.9 Å². The zero-order valence-electron chi connectivity index (χ0n) is 12.5. The Morgan fingerprint density at radius 3 is 2.74 bits per heavy atom. The summed E-state index contributed by atoms with van der Waals surface area (Å²) < 4.78 is 10.3. The Labute approximate surface area is 132 Å². The molecule has 23 heavy (non-hydrogen) atoms. The van der Waals surface area contributed by atoms with Crippen LogP contribution in [0.25, 0.3) is 21.5 Å². The van der Waals surface area contributed by atoms with Crippen molar-refractivity contribution in [2.75, 3.05) is 7.11 Å². The number of cyclic esters (lactones) is 1. The zero-order valence-corrected chi connectivity index (χ0v) is 12.5. The number of esters is 2. The Bertz CT molecular complexity index is 958. The zero-order chi connectivity index (χ0) is 16.0. The molecule has 114 valence electrons. The van der Waals surface area contributed by atoms with E-state index in [9.17, 15) is 9.59 Å². The lowest BCUT2D eigenvalue weighted by Gasteiger charge is -2.26. The Balaban J connectivity index is 2.04. The summed E-state index contributed by atoms with van der Waals surface area (Å²) in [7, 11) is 1.33. The van der Waals surface area contributed by atoms with Crippen LogP contribution in [0.4, 0.5) is 0 Å². The second-order valence-corrected chi connectivity index (χ2v) is 5.59. The molecule has 1 aliphatic heterocycles. The molecule has 3 aromatic rings. The van der Waals surface area contributed by atoms with E-state index in [1.807, 2.05) is 42.5 Å². The summed E-state index contributed by atoms with van der Waals surface area (Å²) in [6, 6.07) is 15.6. The molecule has 4 heteroatoms. The summed E-state index contributed by atoms with van der Waals surface area (Å²) in [5.74, 6) is -0.788. The van der Waals surface area contributed by atoms with E-state index in [2.05, 4.69) is 6.07 Å². The van der Waals surface area contributed by atoms with Crippen LogP contribution in [0.2, 0.25) is 0 Å². The average Bonchev–Trinajstić information content (AvgIpc) is 2.57. The first-order valence-corrected chi connectivity index (χ1v) is 7.41. The third kappa shape index (κ3) is 2.06. The third-order valence-electron chi connectivity index (χ3n) is 4.30. The molecular formula is C19H14O4. The van der Waals surface area contributed by atoms with E-state index >= 15 is 0 Å². The summed E-state index contributed by atoms with van der Waals surface area (Å²) in [5, 5.41) is 3.71. The van der Waals surface area contributed by atoms with Crippen LogP contribution < -0.4 is 0 Å². The highest BCUT2D eigenvalue weighted by Crippen LogP contribution is 2.40. The first kappa shape index (κ1) is 13.8. The maximum atomic E-state index is 12.6. The summed E-state index contributed by atoms with van der Waals surface area (Å²) in [4.78, 5) is 24.2. The first-order chi connectivity index (χ1) is 11.2. The average molecular weight is 306 g/mol. The molecule has 0 radical (unpaired) electrons. The summed E-state index contributed by atoms with van der Waals surface area (Å²) >= 11 is 0. The molecule has 0 bridgehead atoms. The van der Waals surface area contributed by atoms with Gasteiger partial charge in [0.1, 0.15) is 6.10 Å². The number of benzene rings is 3. The fourth-order valence-electron chi connectivity index (χ4n) is 3.27. The fraction of sp³-hybridized carbons (Fsp3) is 0.158. The number of carbonyl (C=O) groups excluding carboxylic acids is 2. The van der Waals surface area contributed by atoms with Crippen molar-refractivity contribution in [3.63, 3.8) is 0 Å². The van der Waals surface area contributed by atoms with E-state index in [0.717, 1.165) is 27.1 Å². The molecule has 0 fully saturated rings. The third-order valence-corrected chi connectivity index (χ3v) is 4.30. The number of rotatable bonds is 2. The van der Waals surface area contributed by atoms with Crippen LogP contribution in [0, 0.1) is 0 Å². The molecule has 3 aromatic carbocycles. The van der Waals surface area contributed by atoms with Gasteiger partial charge in [0.2, 0.25) is 0 Å². The quantitative estimate of drug-likeness (QED) is 0.534. The molecule has 0 saturated heterocycles. The fourth-order valence-corrected chi connectivity index (χ4v) is 3.27. The van der Waals surface area contributed by atoms with Crippen molar-refractivity contribution in [1.29, 1.82) is 0 Å². The molecular weight excluding hydrogens is 292 g/mol. The topological polar surface area (TPSA) is 52.6 Å². The second-order valence-electron chi connectivity index (χ2n) is 5.59. The van der Waals surface area contributed by atoms with E-state index in [-0.39, 0.29) is 12.4 Å². The van der Waals surface area contributed by atoms with E-state index in [0.29, 0.717) is 5.56 Å². The van der Waals surface area contributed by atoms with Crippen molar-refractivity contribution in [1.82, 2.24) is 0 Å². The van der Waals surface area contributed by atoms with Gasteiger partial charge in [0, 0.05) is 10.9 Å². The number of carbonyl (C=O) groups is 2. The highest BCUT2D eigenvalue weighted by atomic mass is 16.6. The van der Waals surface area contributed by atoms with Gasteiger partial charge in [-0.25, -0.2) is 4.79 Å². The van der Waals surface area contributed by atoms with Crippen molar-refractivity contribution < 1.29 is 19.1 Å². The Morgan fingerprint density at radius 2 is 1.91 bits per heavy atom. The smallest absolute Gasteiger partial charge is 0.340 e. The Morgan fingerprint density at radius 1 is 1.13 bits per heavy atom. The normalized spacial score (nSPS) is 16.4. The Kier molecular flexibility index (Phi) is 3.05. The van der Waals surface area contributed by atoms with Crippen LogP contribution in [-0.2, 0) is 14.3 Å². The van der Waals surface area contributed by atoms with Crippen LogP contribution in [0.3, 0.4) is 0 Å². The van der Waals surface area contributed by atoms with Crippen LogP contribution in [-0.4, -0.2) is 19.0 Å². The highest BCUT2D eigenvalue weighted by Gasteiger charge is 2.31. The van der Waals surface area contributed by atoms with Crippen molar-refractivity contribution in [3.8, 4) is 0 Å². The minimum absolute atomic E-state index is 0.0214. The van der Waals surface area contributed by atoms with Crippen LogP contribution in [0.15, 0.2) is 48.5 Å². The molecule has 4 nitrogen and oxygen atoms in total. The van der Waals surface area contributed by atoms with Crippen LogP contribution >= 0.6 is 0 Å². The summed E-state index contributed by atoms with van der Waals surface area (Å²) in [6.45, 7) is 0. The van der Waals surface area contributed by atoms with Gasteiger partial charge < -0.3 is 9.47 Å². The van der Waals surface area contributed by atoms with Gasteiger partial charge in [-0.3, -0.25) is 4.79 Å². The van der Waals surface area contributed by atoms with E-state index in [1.165, 1.54) is 7.11 Å². The van der Waals surface area contributed by atoms with E-state index in [4.69, 9.17) is 9.47 Å². The van der Waals surface area contributed by atoms with E-state index < -0.39 is 12.1 Å². The van der Waals surface area contributed by atoms with Crippen molar-refractivity contribution in [2.45, 2.75) is 12.5 Å². The van der Waals surface area contributed by atoms with Crippen LogP contribution in [0.5, 0.6) is 0 Å². The molecule has 4 rings (SSSR count). The predicted molar refractivity (Wildman–Crippen MR) is 86.2 cm³/mol. The molecule has 0 spiro atoms. The number of ether oxygens (including phenoxy) is 2. The molecule has 0 saturated carbocycles. The van der Waals surface area contributed by atoms with Crippen molar-refractivity contribution >= 4 is 33.5 Å². The molecule has 1 atom stereocenters. The highest BCUT2D eigenvalue weighted by molar-refractivity contribution is 6.18. The van der Waals surface area contributed by atoms with Gasteiger partial charge in [-0.2, -0.15) is 0 Å². The molecule has 1 heterocycles. The molecule has 1 aliphatic rings. The molecule has 0 N–H and O–H groups in total.